The average molecular weight is 331 g/mol. The molecule has 1 aromatic carbocycles. The molecule has 0 radical (unpaired) electrons. The van der Waals surface area contributed by atoms with Gasteiger partial charge in [0.15, 0.2) is 6.10 Å². The molecular formula is C18H25N3O3. The lowest BCUT2D eigenvalue weighted by Gasteiger charge is -2.41. The Morgan fingerprint density at radius 1 is 1.08 bits per heavy atom. The van der Waals surface area contributed by atoms with Crippen LogP contribution in [0.5, 0.6) is 0 Å². The molecule has 2 fully saturated rings. The molecule has 0 saturated carbocycles. The number of ether oxygens (including phenoxy) is 1. The molecule has 2 aliphatic heterocycles. The van der Waals surface area contributed by atoms with Crippen LogP contribution in [0.15, 0.2) is 24.3 Å². The van der Waals surface area contributed by atoms with Crippen LogP contribution >= 0.6 is 0 Å². The lowest BCUT2D eigenvalue weighted by atomic mass is 9.96. The number of likely N-dealkylation sites (N-methyl/N-ethyl adjacent to an activating group) is 2. The van der Waals surface area contributed by atoms with Gasteiger partial charge in [-0.3, -0.25) is 9.59 Å². The number of aryl methyl sites for hydroxylation is 1. The summed E-state index contributed by atoms with van der Waals surface area (Å²) >= 11 is 0. The van der Waals surface area contributed by atoms with Gasteiger partial charge in [-0.1, -0.05) is 29.8 Å². The molecule has 2 aliphatic rings. The summed E-state index contributed by atoms with van der Waals surface area (Å²) in [5.41, 5.74) is 2.08. The van der Waals surface area contributed by atoms with Gasteiger partial charge in [-0.05, 0) is 19.5 Å². The van der Waals surface area contributed by atoms with Crippen LogP contribution in [-0.2, 0) is 14.3 Å². The summed E-state index contributed by atoms with van der Waals surface area (Å²) in [6.45, 7) is 5.11. The summed E-state index contributed by atoms with van der Waals surface area (Å²) in [5, 5.41) is 0. The van der Waals surface area contributed by atoms with Crippen molar-refractivity contribution < 1.29 is 14.3 Å². The molecule has 0 spiro atoms. The van der Waals surface area contributed by atoms with E-state index in [1.165, 1.54) is 0 Å². The van der Waals surface area contributed by atoms with Crippen LogP contribution < -0.4 is 0 Å². The van der Waals surface area contributed by atoms with Crippen molar-refractivity contribution in [2.24, 2.45) is 0 Å². The molecule has 130 valence electrons. The summed E-state index contributed by atoms with van der Waals surface area (Å²) in [5.74, 6) is -0.115. The lowest BCUT2D eigenvalue weighted by Crippen LogP contribution is -2.56. The number of benzene rings is 1. The third-order valence-electron chi connectivity index (χ3n) is 4.96. The van der Waals surface area contributed by atoms with Crippen molar-refractivity contribution in [2.45, 2.75) is 19.1 Å². The summed E-state index contributed by atoms with van der Waals surface area (Å²) in [6.07, 6.45) is -0.640. The van der Waals surface area contributed by atoms with Crippen LogP contribution in [0, 0.1) is 6.92 Å². The molecule has 2 saturated heterocycles. The molecule has 2 amide bonds. The van der Waals surface area contributed by atoms with Gasteiger partial charge in [0.25, 0.3) is 5.91 Å². The van der Waals surface area contributed by atoms with E-state index in [-0.39, 0.29) is 24.5 Å². The Labute approximate surface area is 143 Å². The largest absolute Gasteiger partial charge is 0.356 e. The van der Waals surface area contributed by atoms with Crippen molar-refractivity contribution in [3.05, 3.63) is 35.4 Å². The topological polar surface area (TPSA) is 53.1 Å². The molecule has 0 aliphatic carbocycles. The zero-order chi connectivity index (χ0) is 17.3. The fourth-order valence-electron chi connectivity index (χ4n) is 3.29. The molecule has 0 N–H and O–H groups in total. The molecule has 0 unspecified atom stereocenters. The van der Waals surface area contributed by atoms with Crippen LogP contribution in [0.1, 0.15) is 17.2 Å². The van der Waals surface area contributed by atoms with E-state index >= 15 is 0 Å². The van der Waals surface area contributed by atoms with E-state index in [0.29, 0.717) is 13.1 Å². The van der Waals surface area contributed by atoms with Crippen LogP contribution in [-0.4, -0.2) is 79.5 Å². The van der Waals surface area contributed by atoms with E-state index in [4.69, 9.17) is 4.74 Å². The summed E-state index contributed by atoms with van der Waals surface area (Å²) in [6, 6.07) is 7.57. The number of amides is 2. The second-order valence-electron chi connectivity index (χ2n) is 6.72. The second-order valence-corrected chi connectivity index (χ2v) is 6.72. The van der Waals surface area contributed by atoms with Gasteiger partial charge in [0.05, 0.1) is 6.04 Å². The highest BCUT2D eigenvalue weighted by Crippen LogP contribution is 2.30. The SMILES string of the molecule is Cc1ccc([C@H]2[C@@H](C(=O)N3CCN(C)CC3)OCC(=O)N2C)cc1. The van der Waals surface area contributed by atoms with Gasteiger partial charge in [0, 0.05) is 33.2 Å². The van der Waals surface area contributed by atoms with E-state index < -0.39 is 6.10 Å². The fourth-order valence-corrected chi connectivity index (χ4v) is 3.29. The molecule has 3 rings (SSSR count). The number of hydrogen-bond acceptors (Lipinski definition) is 4. The highest BCUT2D eigenvalue weighted by molar-refractivity contribution is 5.86. The highest BCUT2D eigenvalue weighted by Gasteiger charge is 2.42. The van der Waals surface area contributed by atoms with Gasteiger partial charge >= 0.3 is 0 Å². The van der Waals surface area contributed by atoms with E-state index in [9.17, 15) is 9.59 Å². The Morgan fingerprint density at radius 2 is 1.71 bits per heavy atom. The first-order valence-electron chi connectivity index (χ1n) is 8.38. The van der Waals surface area contributed by atoms with Crippen LogP contribution in [0.2, 0.25) is 0 Å². The standard InChI is InChI=1S/C18H25N3O3/c1-13-4-6-14(7-5-13)16-17(24-12-15(22)20(16)3)18(23)21-10-8-19(2)9-11-21/h4-7,16-17H,8-12H2,1-3H3/t16-,17-/m0/s1. The summed E-state index contributed by atoms with van der Waals surface area (Å²) in [4.78, 5) is 30.8. The lowest BCUT2D eigenvalue weighted by molar-refractivity contribution is -0.168. The zero-order valence-corrected chi connectivity index (χ0v) is 14.6. The van der Waals surface area contributed by atoms with E-state index in [1.807, 2.05) is 36.1 Å². The zero-order valence-electron chi connectivity index (χ0n) is 14.6. The van der Waals surface area contributed by atoms with Gasteiger partial charge in [-0.15, -0.1) is 0 Å². The summed E-state index contributed by atoms with van der Waals surface area (Å²) < 4.78 is 5.70. The quantitative estimate of drug-likeness (QED) is 0.799. The van der Waals surface area contributed by atoms with Crippen LogP contribution in [0.25, 0.3) is 0 Å². The first-order valence-corrected chi connectivity index (χ1v) is 8.38. The van der Waals surface area contributed by atoms with Gasteiger partial charge in [0.2, 0.25) is 5.91 Å². The Bertz CT molecular complexity index is 608. The van der Waals surface area contributed by atoms with E-state index in [2.05, 4.69) is 11.9 Å². The van der Waals surface area contributed by atoms with Crippen LogP contribution in [0.4, 0.5) is 0 Å². The first-order chi connectivity index (χ1) is 11.5. The maximum Gasteiger partial charge on any atom is 0.254 e. The van der Waals surface area contributed by atoms with Crippen molar-refractivity contribution in [2.75, 3.05) is 46.9 Å². The molecule has 0 aromatic heterocycles. The van der Waals surface area contributed by atoms with Crippen molar-refractivity contribution in [3.8, 4) is 0 Å². The molecule has 6 heteroatoms. The average Bonchev–Trinajstić information content (AvgIpc) is 2.58. The first kappa shape index (κ1) is 16.9. The highest BCUT2D eigenvalue weighted by atomic mass is 16.5. The van der Waals surface area contributed by atoms with Crippen molar-refractivity contribution in [1.82, 2.24) is 14.7 Å². The summed E-state index contributed by atoms with van der Waals surface area (Å²) in [7, 11) is 3.81. The Morgan fingerprint density at radius 3 is 2.33 bits per heavy atom. The minimum atomic E-state index is -0.640. The number of carbonyl (C=O) groups excluding carboxylic acids is 2. The minimum absolute atomic E-state index is 0.0203. The van der Waals surface area contributed by atoms with E-state index in [1.54, 1.807) is 11.9 Å². The molecule has 24 heavy (non-hydrogen) atoms. The van der Waals surface area contributed by atoms with Gasteiger partial charge in [0.1, 0.15) is 6.61 Å². The fraction of sp³-hybridized carbons (Fsp3) is 0.556. The molecule has 1 aromatic rings. The van der Waals surface area contributed by atoms with Gasteiger partial charge in [-0.25, -0.2) is 0 Å². The monoisotopic (exact) mass is 331 g/mol. The molecule has 6 nitrogen and oxygen atoms in total. The van der Waals surface area contributed by atoms with Gasteiger partial charge < -0.3 is 19.4 Å². The third-order valence-corrected chi connectivity index (χ3v) is 4.96. The maximum absolute atomic E-state index is 13.0. The number of piperazine rings is 1. The normalized spacial score (nSPS) is 25.9. The van der Waals surface area contributed by atoms with Crippen molar-refractivity contribution in [1.29, 1.82) is 0 Å². The number of hydrogen-bond donors (Lipinski definition) is 0. The third kappa shape index (κ3) is 3.30. The van der Waals surface area contributed by atoms with Gasteiger partial charge in [-0.2, -0.15) is 0 Å². The number of morpholine rings is 1. The molecule has 2 heterocycles. The molecule has 0 bridgehead atoms. The van der Waals surface area contributed by atoms with Crippen molar-refractivity contribution in [3.63, 3.8) is 0 Å². The number of nitrogens with zero attached hydrogens (tertiary/aromatic N) is 3. The Kier molecular flexibility index (Phi) is 4.87. The Balaban J connectivity index is 1.84. The molecular weight excluding hydrogens is 306 g/mol. The predicted molar refractivity (Wildman–Crippen MR) is 90.5 cm³/mol. The van der Waals surface area contributed by atoms with E-state index in [0.717, 1.165) is 24.2 Å². The number of rotatable bonds is 2. The smallest absolute Gasteiger partial charge is 0.254 e. The van der Waals surface area contributed by atoms with Crippen molar-refractivity contribution >= 4 is 11.8 Å². The predicted octanol–water partition coefficient (Wildman–Crippen LogP) is 0.667. The minimum Gasteiger partial charge on any atom is -0.356 e. The second kappa shape index (κ2) is 6.91. The number of carbonyl (C=O) groups is 2. The Hall–Kier alpha value is -1.92. The maximum atomic E-state index is 13.0. The van der Waals surface area contributed by atoms with Crippen LogP contribution in [0.3, 0.4) is 0 Å². The molecule has 2 atom stereocenters.